The van der Waals surface area contributed by atoms with Crippen LogP contribution in [0.2, 0.25) is 0 Å². The van der Waals surface area contributed by atoms with E-state index in [1.165, 1.54) is 4.52 Å². The Morgan fingerprint density at radius 3 is 2.62 bits per heavy atom. The standard InChI is InChI=1S/C13H12N6O4S/c1-24(20,21)13-16-11(14)19-12(17-13)15-10(18-19)7-2-3-8-9(6-7)23-5-4-22-8/h2-3,6H,4-5H2,1H3,(H2,14,15,16,17,18). The maximum absolute atomic E-state index is 11.6. The van der Waals surface area contributed by atoms with Crippen LogP contribution in [-0.2, 0) is 9.84 Å². The molecule has 0 bridgehead atoms. The van der Waals surface area contributed by atoms with Crippen LogP contribution in [0.25, 0.3) is 17.2 Å². The molecule has 10 nitrogen and oxygen atoms in total. The predicted octanol–water partition coefficient (Wildman–Crippen LogP) is -0.0568. The molecule has 1 aliphatic rings. The van der Waals surface area contributed by atoms with Gasteiger partial charge < -0.3 is 15.2 Å². The lowest BCUT2D eigenvalue weighted by Crippen LogP contribution is -2.15. The minimum atomic E-state index is -3.60. The van der Waals surface area contributed by atoms with Crippen LogP contribution < -0.4 is 15.2 Å². The zero-order valence-electron chi connectivity index (χ0n) is 12.5. The van der Waals surface area contributed by atoms with Crippen LogP contribution >= 0.6 is 0 Å². The molecule has 0 saturated carbocycles. The summed E-state index contributed by atoms with van der Waals surface area (Å²) in [5.41, 5.74) is 6.41. The molecule has 0 amide bonds. The Labute approximate surface area is 136 Å². The van der Waals surface area contributed by atoms with Gasteiger partial charge in [-0.05, 0) is 18.2 Å². The molecule has 2 aromatic heterocycles. The van der Waals surface area contributed by atoms with Crippen molar-refractivity contribution in [2.75, 3.05) is 25.2 Å². The Hall–Kier alpha value is -2.95. The number of hydrogen-bond acceptors (Lipinski definition) is 9. The molecule has 1 aromatic carbocycles. The van der Waals surface area contributed by atoms with Crippen molar-refractivity contribution in [2.45, 2.75) is 5.16 Å². The van der Waals surface area contributed by atoms with Crippen molar-refractivity contribution in [3.63, 3.8) is 0 Å². The van der Waals surface area contributed by atoms with Crippen LogP contribution in [0.3, 0.4) is 0 Å². The van der Waals surface area contributed by atoms with Crippen LogP contribution in [0.4, 0.5) is 5.95 Å². The van der Waals surface area contributed by atoms with Crippen LogP contribution in [0.1, 0.15) is 0 Å². The third-order valence-electron chi connectivity index (χ3n) is 3.34. The highest BCUT2D eigenvalue weighted by Crippen LogP contribution is 2.33. The first kappa shape index (κ1) is 14.6. The fourth-order valence-electron chi connectivity index (χ4n) is 2.26. The van der Waals surface area contributed by atoms with E-state index in [0.29, 0.717) is 36.1 Å². The average Bonchev–Trinajstić information content (AvgIpc) is 2.98. The van der Waals surface area contributed by atoms with Gasteiger partial charge in [-0.3, -0.25) is 0 Å². The van der Waals surface area contributed by atoms with Gasteiger partial charge in [0.15, 0.2) is 17.3 Å². The smallest absolute Gasteiger partial charge is 0.258 e. The molecule has 3 aromatic rings. The number of benzene rings is 1. The normalized spacial score (nSPS) is 14.0. The van der Waals surface area contributed by atoms with Gasteiger partial charge in [-0.25, -0.2) is 8.42 Å². The Morgan fingerprint density at radius 1 is 1.12 bits per heavy atom. The van der Waals surface area contributed by atoms with Crippen molar-refractivity contribution < 1.29 is 17.9 Å². The molecule has 24 heavy (non-hydrogen) atoms. The van der Waals surface area contributed by atoms with Crippen LogP contribution in [0.5, 0.6) is 11.5 Å². The maximum atomic E-state index is 11.6. The first-order valence-corrected chi connectivity index (χ1v) is 8.81. The molecule has 0 unspecified atom stereocenters. The first-order chi connectivity index (χ1) is 11.4. The van der Waals surface area contributed by atoms with E-state index >= 15 is 0 Å². The van der Waals surface area contributed by atoms with E-state index in [9.17, 15) is 8.42 Å². The summed E-state index contributed by atoms with van der Waals surface area (Å²) in [6.45, 7) is 0.963. The third-order valence-corrected chi connectivity index (χ3v) is 4.19. The van der Waals surface area contributed by atoms with E-state index in [-0.39, 0.29) is 11.7 Å². The highest BCUT2D eigenvalue weighted by molar-refractivity contribution is 7.90. The summed E-state index contributed by atoms with van der Waals surface area (Å²) in [6.07, 6.45) is 0.996. The Balaban J connectivity index is 1.85. The van der Waals surface area contributed by atoms with Gasteiger partial charge in [0.25, 0.3) is 10.9 Å². The zero-order chi connectivity index (χ0) is 16.9. The SMILES string of the molecule is CS(=O)(=O)c1nc(N)n2nc(-c3ccc4c(c3)OCCO4)nc2n1. The number of sulfone groups is 1. The zero-order valence-corrected chi connectivity index (χ0v) is 13.3. The summed E-state index contributed by atoms with van der Waals surface area (Å²) < 4.78 is 35.4. The molecule has 0 fully saturated rings. The van der Waals surface area contributed by atoms with E-state index in [1.54, 1.807) is 18.2 Å². The average molecular weight is 348 g/mol. The van der Waals surface area contributed by atoms with E-state index in [4.69, 9.17) is 15.2 Å². The van der Waals surface area contributed by atoms with Crippen molar-refractivity contribution in [1.29, 1.82) is 0 Å². The van der Waals surface area contributed by atoms with Crippen molar-refractivity contribution in [3.8, 4) is 22.9 Å². The lowest BCUT2D eigenvalue weighted by Gasteiger charge is -2.18. The summed E-state index contributed by atoms with van der Waals surface area (Å²) in [7, 11) is -3.60. The number of hydrogen-bond donors (Lipinski definition) is 1. The molecule has 0 aliphatic carbocycles. The minimum absolute atomic E-state index is 0.0489. The summed E-state index contributed by atoms with van der Waals surface area (Å²) in [5, 5.41) is 3.82. The van der Waals surface area contributed by atoms with Crippen LogP contribution in [-0.4, -0.2) is 52.5 Å². The van der Waals surface area contributed by atoms with Gasteiger partial charge in [0, 0.05) is 11.8 Å². The van der Waals surface area contributed by atoms with Gasteiger partial charge in [0.1, 0.15) is 13.2 Å². The highest BCUT2D eigenvalue weighted by atomic mass is 32.2. The van der Waals surface area contributed by atoms with Crippen molar-refractivity contribution >= 4 is 21.6 Å². The van der Waals surface area contributed by atoms with Crippen molar-refractivity contribution in [2.24, 2.45) is 0 Å². The number of nitrogens with zero attached hydrogens (tertiary/aromatic N) is 5. The predicted molar refractivity (Wildman–Crippen MR) is 82.5 cm³/mol. The van der Waals surface area contributed by atoms with E-state index < -0.39 is 15.0 Å². The summed E-state index contributed by atoms with van der Waals surface area (Å²) in [4.78, 5) is 11.9. The number of aromatic nitrogens is 5. The van der Waals surface area contributed by atoms with Gasteiger partial charge >= 0.3 is 0 Å². The molecule has 0 atom stereocenters. The topological polar surface area (TPSA) is 135 Å². The Morgan fingerprint density at radius 2 is 1.88 bits per heavy atom. The quantitative estimate of drug-likeness (QED) is 0.675. The number of fused-ring (bicyclic) bond motifs is 2. The fraction of sp³-hybridized carbons (Fsp3) is 0.231. The second-order valence-electron chi connectivity index (χ2n) is 5.14. The number of ether oxygens (including phenoxy) is 2. The summed E-state index contributed by atoms with van der Waals surface area (Å²) in [5.74, 6) is 1.49. The lowest BCUT2D eigenvalue weighted by atomic mass is 10.2. The number of nitrogens with two attached hydrogens (primary N) is 1. The monoisotopic (exact) mass is 348 g/mol. The molecule has 3 heterocycles. The molecule has 1 aliphatic heterocycles. The molecule has 2 N–H and O–H groups in total. The maximum Gasteiger partial charge on any atom is 0.258 e. The second kappa shape index (κ2) is 5.03. The van der Waals surface area contributed by atoms with Gasteiger partial charge in [-0.15, -0.1) is 5.10 Å². The van der Waals surface area contributed by atoms with Gasteiger partial charge in [-0.1, -0.05) is 0 Å². The first-order valence-electron chi connectivity index (χ1n) is 6.92. The fourth-order valence-corrected chi connectivity index (χ4v) is 2.76. The van der Waals surface area contributed by atoms with E-state index in [0.717, 1.165) is 6.26 Å². The Kier molecular flexibility index (Phi) is 3.06. The molecule has 124 valence electrons. The molecular weight excluding hydrogens is 336 g/mol. The van der Waals surface area contributed by atoms with Gasteiger partial charge in [0.2, 0.25) is 15.8 Å². The largest absolute Gasteiger partial charge is 0.486 e. The molecule has 11 heteroatoms. The molecule has 4 rings (SSSR count). The van der Waals surface area contributed by atoms with E-state index in [1.807, 2.05) is 0 Å². The number of rotatable bonds is 2. The van der Waals surface area contributed by atoms with Crippen LogP contribution in [0, 0.1) is 0 Å². The molecule has 0 spiro atoms. The van der Waals surface area contributed by atoms with Crippen molar-refractivity contribution in [1.82, 2.24) is 24.6 Å². The second-order valence-corrected chi connectivity index (χ2v) is 7.05. The molecular formula is C13H12N6O4S. The summed E-state index contributed by atoms with van der Waals surface area (Å²) in [6, 6.07) is 5.26. The van der Waals surface area contributed by atoms with Gasteiger partial charge in [0.05, 0.1) is 0 Å². The van der Waals surface area contributed by atoms with Gasteiger partial charge in [-0.2, -0.15) is 19.5 Å². The molecule has 0 saturated heterocycles. The lowest BCUT2D eigenvalue weighted by molar-refractivity contribution is 0.171. The van der Waals surface area contributed by atoms with E-state index in [2.05, 4.69) is 20.1 Å². The minimum Gasteiger partial charge on any atom is -0.486 e. The Bertz CT molecular complexity index is 1060. The summed E-state index contributed by atoms with van der Waals surface area (Å²) >= 11 is 0. The number of anilines is 1. The van der Waals surface area contributed by atoms with Crippen molar-refractivity contribution in [3.05, 3.63) is 18.2 Å². The van der Waals surface area contributed by atoms with Crippen LogP contribution in [0.15, 0.2) is 23.4 Å². The number of nitrogen functional groups attached to an aromatic ring is 1. The third kappa shape index (κ3) is 2.38. The highest BCUT2D eigenvalue weighted by Gasteiger charge is 2.19. The molecule has 0 radical (unpaired) electrons.